The van der Waals surface area contributed by atoms with Gasteiger partial charge >= 0.3 is 0 Å². The number of hydrogen-bond acceptors (Lipinski definition) is 5. The average Bonchev–Trinajstić information content (AvgIpc) is 3.18. The summed E-state index contributed by atoms with van der Waals surface area (Å²) in [6.07, 6.45) is 8.23. The molecule has 0 aromatic carbocycles. The van der Waals surface area contributed by atoms with Crippen LogP contribution in [0.4, 0.5) is 5.95 Å². The minimum atomic E-state index is -0.305. The fourth-order valence-electron chi connectivity index (χ4n) is 2.84. The molecule has 1 amide bonds. The Labute approximate surface area is 134 Å². The van der Waals surface area contributed by atoms with Crippen molar-refractivity contribution in [2.75, 3.05) is 24.6 Å². The van der Waals surface area contributed by atoms with Crippen LogP contribution < -0.4 is 10.2 Å². The maximum Gasteiger partial charge on any atom is 0.272 e. The molecule has 0 saturated carbocycles. The molecule has 6 nitrogen and oxygen atoms in total. The van der Waals surface area contributed by atoms with Crippen molar-refractivity contribution in [3.63, 3.8) is 0 Å². The number of carbonyl (C=O) groups excluding carboxylic acids is 1. The predicted molar refractivity (Wildman–Crippen MR) is 84.1 cm³/mol. The molecular formula is C15H19ClN4O2. The third-order valence-electron chi connectivity index (χ3n) is 4.06. The highest BCUT2D eigenvalue weighted by Gasteiger charge is 2.23. The van der Waals surface area contributed by atoms with Gasteiger partial charge in [-0.25, -0.2) is 9.97 Å². The van der Waals surface area contributed by atoms with Crippen LogP contribution >= 0.6 is 11.6 Å². The zero-order chi connectivity index (χ0) is 15.5. The van der Waals surface area contributed by atoms with Gasteiger partial charge in [0.15, 0.2) is 5.69 Å². The van der Waals surface area contributed by atoms with Crippen LogP contribution in [0.25, 0.3) is 0 Å². The minimum Gasteiger partial charge on any atom is -0.396 e. The van der Waals surface area contributed by atoms with Crippen LogP contribution in [0.3, 0.4) is 0 Å². The van der Waals surface area contributed by atoms with Crippen LogP contribution in [0.1, 0.15) is 29.8 Å². The van der Waals surface area contributed by atoms with Gasteiger partial charge in [-0.1, -0.05) is 23.8 Å². The molecule has 2 heterocycles. The Balaban J connectivity index is 1.71. The lowest BCUT2D eigenvalue weighted by Gasteiger charge is -2.17. The molecule has 7 heteroatoms. The first-order valence-electron chi connectivity index (χ1n) is 7.55. The number of nitrogens with one attached hydrogen (secondary N) is 1. The molecule has 2 atom stereocenters. The van der Waals surface area contributed by atoms with Crippen LogP contribution in [0.2, 0.25) is 5.02 Å². The van der Waals surface area contributed by atoms with Crippen molar-refractivity contribution in [1.82, 2.24) is 15.3 Å². The van der Waals surface area contributed by atoms with Gasteiger partial charge < -0.3 is 15.3 Å². The molecule has 2 aliphatic rings. The van der Waals surface area contributed by atoms with Crippen molar-refractivity contribution in [2.45, 2.75) is 25.3 Å². The number of aliphatic hydroxyl groups excluding tert-OH is 1. The van der Waals surface area contributed by atoms with Crippen LogP contribution in [0.5, 0.6) is 0 Å². The molecule has 1 aromatic rings. The summed E-state index contributed by atoms with van der Waals surface area (Å²) < 4.78 is 0. The summed E-state index contributed by atoms with van der Waals surface area (Å²) in [4.78, 5) is 23.0. The fraction of sp³-hybridized carbons (Fsp3) is 0.533. The Morgan fingerprint density at radius 1 is 1.41 bits per heavy atom. The normalized spacial score (nSPS) is 24.0. The standard InChI is InChI=1S/C15H19ClN4O2/c16-12-8-17-15(20-5-1-2-6-20)19-13(12)14(22)18-11-4-3-10(7-11)9-21/h3-4,8,10-11,21H,1-2,5-7,9H2,(H,18,22)/t10-,11+/m0/s1. The number of hydrogen-bond donors (Lipinski definition) is 2. The smallest absolute Gasteiger partial charge is 0.272 e. The third kappa shape index (κ3) is 3.23. The molecular weight excluding hydrogens is 304 g/mol. The second-order valence-electron chi connectivity index (χ2n) is 5.70. The van der Waals surface area contributed by atoms with E-state index in [1.165, 1.54) is 6.20 Å². The molecule has 1 saturated heterocycles. The van der Waals surface area contributed by atoms with E-state index in [2.05, 4.69) is 20.2 Å². The van der Waals surface area contributed by atoms with Crippen LogP contribution in [-0.4, -0.2) is 46.7 Å². The zero-order valence-electron chi connectivity index (χ0n) is 12.2. The van der Waals surface area contributed by atoms with E-state index in [1.54, 1.807) is 0 Å². The molecule has 118 valence electrons. The van der Waals surface area contributed by atoms with Crippen molar-refractivity contribution in [3.8, 4) is 0 Å². The van der Waals surface area contributed by atoms with Gasteiger partial charge in [-0.15, -0.1) is 0 Å². The minimum absolute atomic E-state index is 0.0917. The zero-order valence-corrected chi connectivity index (χ0v) is 13.0. The average molecular weight is 323 g/mol. The monoisotopic (exact) mass is 322 g/mol. The summed E-state index contributed by atoms with van der Waals surface area (Å²) in [5.41, 5.74) is 0.208. The highest BCUT2D eigenvalue weighted by molar-refractivity contribution is 6.33. The van der Waals surface area contributed by atoms with Crippen molar-refractivity contribution in [3.05, 3.63) is 29.1 Å². The van der Waals surface area contributed by atoms with E-state index in [0.717, 1.165) is 25.9 Å². The Morgan fingerprint density at radius 3 is 2.86 bits per heavy atom. The van der Waals surface area contributed by atoms with Gasteiger partial charge in [0, 0.05) is 31.7 Å². The van der Waals surface area contributed by atoms with E-state index in [9.17, 15) is 4.79 Å². The first kappa shape index (κ1) is 15.2. The summed E-state index contributed by atoms with van der Waals surface area (Å²) in [6, 6.07) is -0.0917. The fourth-order valence-corrected chi connectivity index (χ4v) is 3.02. The highest BCUT2D eigenvalue weighted by Crippen LogP contribution is 2.21. The summed E-state index contributed by atoms with van der Waals surface area (Å²) in [6.45, 7) is 1.91. The number of aromatic nitrogens is 2. The Kier molecular flexibility index (Phi) is 4.59. The molecule has 1 fully saturated rings. The van der Waals surface area contributed by atoms with Crippen molar-refractivity contribution >= 4 is 23.5 Å². The van der Waals surface area contributed by atoms with E-state index in [0.29, 0.717) is 12.4 Å². The summed E-state index contributed by atoms with van der Waals surface area (Å²) in [5.74, 6) is 0.356. The predicted octanol–water partition coefficient (Wildman–Crippen LogP) is 1.40. The molecule has 0 bridgehead atoms. The first-order chi connectivity index (χ1) is 10.7. The van der Waals surface area contributed by atoms with Gasteiger partial charge in [0.05, 0.1) is 11.2 Å². The molecule has 22 heavy (non-hydrogen) atoms. The lowest BCUT2D eigenvalue weighted by molar-refractivity contribution is 0.0936. The Hall–Kier alpha value is -1.66. The SMILES string of the molecule is O=C(N[C@@H]1C=C[C@H](CO)C1)c1nc(N2CCCC2)ncc1Cl. The molecule has 0 unspecified atom stereocenters. The van der Waals surface area contributed by atoms with E-state index in [4.69, 9.17) is 16.7 Å². The molecule has 1 aromatic heterocycles. The van der Waals surface area contributed by atoms with Gasteiger partial charge in [-0.3, -0.25) is 4.79 Å². The largest absolute Gasteiger partial charge is 0.396 e. The summed E-state index contributed by atoms with van der Waals surface area (Å²) in [5, 5.41) is 12.3. The topological polar surface area (TPSA) is 78.3 Å². The molecule has 1 aliphatic heterocycles. The highest BCUT2D eigenvalue weighted by atomic mass is 35.5. The molecule has 0 radical (unpaired) electrons. The van der Waals surface area contributed by atoms with E-state index in [1.807, 2.05) is 12.2 Å². The number of amides is 1. The number of carbonyl (C=O) groups is 1. The quantitative estimate of drug-likeness (QED) is 0.819. The van der Waals surface area contributed by atoms with Gasteiger partial charge in [0.1, 0.15) is 0 Å². The number of anilines is 1. The number of aliphatic hydroxyl groups is 1. The van der Waals surface area contributed by atoms with E-state index < -0.39 is 0 Å². The van der Waals surface area contributed by atoms with E-state index in [-0.39, 0.29) is 35.2 Å². The third-order valence-corrected chi connectivity index (χ3v) is 4.34. The first-order valence-corrected chi connectivity index (χ1v) is 7.92. The number of rotatable bonds is 4. The van der Waals surface area contributed by atoms with Crippen molar-refractivity contribution in [1.29, 1.82) is 0 Å². The Bertz CT molecular complexity index is 587. The van der Waals surface area contributed by atoms with Gasteiger partial charge in [-0.05, 0) is 19.3 Å². The summed E-state index contributed by atoms with van der Waals surface area (Å²) >= 11 is 6.08. The van der Waals surface area contributed by atoms with Gasteiger partial charge in [0.25, 0.3) is 5.91 Å². The maximum absolute atomic E-state index is 12.4. The second kappa shape index (κ2) is 6.62. The Morgan fingerprint density at radius 2 is 2.18 bits per heavy atom. The molecule has 2 N–H and O–H groups in total. The van der Waals surface area contributed by atoms with Gasteiger partial charge in [-0.2, -0.15) is 0 Å². The lowest BCUT2D eigenvalue weighted by atomic mass is 10.1. The molecule has 1 aliphatic carbocycles. The van der Waals surface area contributed by atoms with Crippen LogP contribution in [-0.2, 0) is 0 Å². The molecule has 0 spiro atoms. The lowest BCUT2D eigenvalue weighted by Crippen LogP contribution is -2.34. The number of halogens is 1. The molecule has 3 rings (SSSR count). The number of nitrogens with zero attached hydrogens (tertiary/aromatic N) is 3. The maximum atomic E-state index is 12.4. The van der Waals surface area contributed by atoms with Crippen LogP contribution in [0.15, 0.2) is 18.3 Å². The van der Waals surface area contributed by atoms with Crippen LogP contribution in [0, 0.1) is 5.92 Å². The van der Waals surface area contributed by atoms with Gasteiger partial charge in [0.2, 0.25) is 5.95 Å². The second-order valence-corrected chi connectivity index (χ2v) is 6.11. The summed E-state index contributed by atoms with van der Waals surface area (Å²) in [7, 11) is 0. The van der Waals surface area contributed by atoms with E-state index >= 15 is 0 Å². The van der Waals surface area contributed by atoms with Crippen molar-refractivity contribution < 1.29 is 9.90 Å². The van der Waals surface area contributed by atoms with Crippen molar-refractivity contribution in [2.24, 2.45) is 5.92 Å².